The number of carboxylic acid groups (broad SMARTS) is 1. The summed E-state index contributed by atoms with van der Waals surface area (Å²) in [5.74, 6) is 0.693. The van der Waals surface area contributed by atoms with Crippen molar-refractivity contribution >= 4 is 23.6 Å². The van der Waals surface area contributed by atoms with Crippen molar-refractivity contribution in [1.82, 2.24) is 4.90 Å². The van der Waals surface area contributed by atoms with Gasteiger partial charge in [-0.05, 0) is 6.08 Å². The molecule has 5 heteroatoms. The highest BCUT2D eigenvalue weighted by molar-refractivity contribution is 8.04. The van der Waals surface area contributed by atoms with Crippen LogP contribution in [0.3, 0.4) is 0 Å². The summed E-state index contributed by atoms with van der Waals surface area (Å²) >= 11 is 1.55. The van der Waals surface area contributed by atoms with Gasteiger partial charge in [0.05, 0.1) is 16.5 Å². The topological polar surface area (TPSA) is 52.9 Å². The second-order valence-corrected chi connectivity index (χ2v) is 3.30. The van der Waals surface area contributed by atoms with Gasteiger partial charge in [0.1, 0.15) is 0 Å². The summed E-state index contributed by atoms with van der Waals surface area (Å²) in [5, 5.41) is 8.64. The van der Waals surface area contributed by atoms with E-state index in [0.717, 1.165) is 15.5 Å². The maximum atomic E-state index is 10.5. The van der Waals surface area contributed by atoms with Crippen molar-refractivity contribution in [3.63, 3.8) is 0 Å². The first-order valence-electron chi connectivity index (χ1n) is 3.36. The minimum Gasteiger partial charge on any atom is -0.464 e. The molecule has 1 amide bonds. The van der Waals surface area contributed by atoms with Crippen molar-refractivity contribution in [2.45, 2.75) is 0 Å². The van der Waals surface area contributed by atoms with Crippen LogP contribution in [0.5, 0.6) is 0 Å². The summed E-state index contributed by atoms with van der Waals surface area (Å²) in [6, 6.07) is 0. The van der Waals surface area contributed by atoms with Crippen LogP contribution in [0, 0.1) is 0 Å². The summed E-state index contributed by atoms with van der Waals surface area (Å²) in [7, 11) is 0. The Balaban J connectivity index is 2.28. The van der Waals surface area contributed by atoms with Gasteiger partial charge < -0.3 is 5.11 Å². The normalized spacial score (nSPS) is 20.2. The summed E-state index contributed by atoms with van der Waals surface area (Å²) in [6.45, 7) is 0. The Bertz CT molecular complexity index is 319. The number of hydrogen-bond acceptors (Lipinski definition) is 3. The van der Waals surface area contributed by atoms with Gasteiger partial charge in [-0.25, -0.2) is 4.79 Å². The molecular weight excluding hydrogens is 176 g/mol. The molecule has 2 heterocycles. The largest absolute Gasteiger partial charge is 0.464 e. The van der Waals surface area contributed by atoms with Crippen LogP contribution in [-0.2, 0) is 0 Å². The molecule has 0 saturated carbocycles. The standard InChI is InChI=1S/C7H6N2O2S/c10-7(11)9-2-1-5-6(3-9)12-4-8-5/h1-3H,4H2,(H,10,11). The zero-order chi connectivity index (χ0) is 8.55. The molecule has 0 aromatic carbocycles. The highest BCUT2D eigenvalue weighted by Gasteiger charge is 2.18. The van der Waals surface area contributed by atoms with E-state index in [1.165, 1.54) is 6.20 Å². The van der Waals surface area contributed by atoms with Crippen molar-refractivity contribution in [2.75, 3.05) is 5.88 Å². The van der Waals surface area contributed by atoms with Crippen molar-refractivity contribution in [1.29, 1.82) is 0 Å². The fourth-order valence-electron chi connectivity index (χ4n) is 1.00. The lowest BCUT2D eigenvalue weighted by Gasteiger charge is -2.13. The molecule has 0 spiro atoms. The molecule has 0 radical (unpaired) electrons. The highest BCUT2D eigenvalue weighted by atomic mass is 32.2. The van der Waals surface area contributed by atoms with E-state index in [2.05, 4.69) is 4.99 Å². The second kappa shape index (κ2) is 2.67. The molecule has 2 aliphatic heterocycles. The predicted octanol–water partition coefficient (Wildman–Crippen LogP) is 1.48. The van der Waals surface area contributed by atoms with Crippen LogP contribution >= 0.6 is 11.8 Å². The van der Waals surface area contributed by atoms with Crippen LogP contribution in [0.1, 0.15) is 0 Å². The molecule has 4 nitrogen and oxygen atoms in total. The quantitative estimate of drug-likeness (QED) is 0.617. The Hall–Kier alpha value is -1.23. The lowest BCUT2D eigenvalue weighted by atomic mass is 10.3. The van der Waals surface area contributed by atoms with Crippen LogP contribution in [0.2, 0.25) is 0 Å². The Morgan fingerprint density at radius 1 is 1.75 bits per heavy atom. The van der Waals surface area contributed by atoms with E-state index >= 15 is 0 Å². The van der Waals surface area contributed by atoms with E-state index in [1.54, 1.807) is 24.0 Å². The Morgan fingerprint density at radius 3 is 3.33 bits per heavy atom. The maximum Gasteiger partial charge on any atom is 0.415 e. The van der Waals surface area contributed by atoms with E-state index < -0.39 is 6.09 Å². The average molecular weight is 182 g/mol. The minimum atomic E-state index is -0.967. The van der Waals surface area contributed by atoms with E-state index in [4.69, 9.17) is 5.11 Å². The van der Waals surface area contributed by atoms with E-state index in [-0.39, 0.29) is 0 Å². The van der Waals surface area contributed by atoms with Crippen molar-refractivity contribution in [2.24, 2.45) is 4.99 Å². The van der Waals surface area contributed by atoms with Crippen molar-refractivity contribution in [3.8, 4) is 0 Å². The molecule has 1 N–H and O–H groups in total. The third-order valence-electron chi connectivity index (χ3n) is 1.58. The molecule has 0 atom stereocenters. The van der Waals surface area contributed by atoms with Crippen LogP contribution in [0.25, 0.3) is 0 Å². The number of thioether (sulfide) groups is 1. The number of hydrogen-bond donors (Lipinski definition) is 1. The van der Waals surface area contributed by atoms with E-state index in [0.29, 0.717) is 5.88 Å². The molecule has 2 rings (SSSR count). The molecule has 0 aliphatic carbocycles. The van der Waals surface area contributed by atoms with Gasteiger partial charge in [-0.1, -0.05) is 11.8 Å². The zero-order valence-corrected chi connectivity index (χ0v) is 6.91. The minimum absolute atomic E-state index is 0.693. The Kier molecular flexibility index (Phi) is 1.65. The van der Waals surface area contributed by atoms with E-state index in [9.17, 15) is 4.79 Å². The first-order valence-corrected chi connectivity index (χ1v) is 4.35. The molecular formula is C7H6N2O2S. The zero-order valence-electron chi connectivity index (χ0n) is 6.10. The van der Waals surface area contributed by atoms with Crippen LogP contribution in [-0.4, -0.2) is 27.7 Å². The maximum absolute atomic E-state index is 10.5. The van der Waals surface area contributed by atoms with Gasteiger partial charge in [0.25, 0.3) is 0 Å². The molecule has 0 fully saturated rings. The summed E-state index contributed by atoms with van der Waals surface area (Å²) in [5.41, 5.74) is 0.887. The van der Waals surface area contributed by atoms with Gasteiger partial charge in [0, 0.05) is 12.4 Å². The number of rotatable bonds is 0. The Morgan fingerprint density at radius 2 is 2.58 bits per heavy atom. The monoisotopic (exact) mass is 182 g/mol. The lowest BCUT2D eigenvalue weighted by Crippen LogP contribution is -2.21. The van der Waals surface area contributed by atoms with Crippen LogP contribution in [0.4, 0.5) is 4.79 Å². The molecule has 0 aromatic rings. The average Bonchev–Trinajstić information content (AvgIpc) is 2.49. The van der Waals surface area contributed by atoms with Gasteiger partial charge >= 0.3 is 6.09 Å². The van der Waals surface area contributed by atoms with Gasteiger partial charge in [0.2, 0.25) is 0 Å². The predicted molar refractivity (Wildman–Crippen MR) is 47.0 cm³/mol. The number of aliphatic imine (C=N–C) groups is 1. The highest BCUT2D eigenvalue weighted by Crippen LogP contribution is 2.28. The van der Waals surface area contributed by atoms with Gasteiger partial charge in [-0.15, -0.1) is 0 Å². The molecule has 0 aromatic heterocycles. The fourth-order valence-corrected chi connectivity index (χ4v) is 1.81. The van der Waals surface area contributed by atoms with Gasteiger partial charge in [-0.2, -0.15) is 0 Å². The summed E-state index contributed by atoms with van der Waals surface area (Å²) in [4.78, 5) is 16.7. The SMILES string of the molecule is O=C(O)N1C=CC2=NCSC2=C1. The molecule has 0 saturated heterocycles. The number of carbonyl (C=O) groups is 1. The molecule has 2 aliphatic rings. The lowest BCUT2D eigenvalue weighted by molar-refractivity contribution is 0.175. The van der Waals surface area contributed by atoms with Gasteiger partial charge in [-0.3, -0.25) is 9.89 Å². The van der Waals surface area contributed by atoms with Crippen LogP contribution < -0.4 is 0 Å². The fraction of sp³-hybridized carbons (Fsp3) is 0.143. The first kappa shape index (κ1) is 7.42. The molecule has 62 valence electrons. The third-order valence-corrected chi connectivity index (χ3v) is 2.46. The molecule has 0 unspecified atom stereocenters. The van der Waals surface area contributed by atoms with Crippen molar-refractivity contribution < 1.29 is 9.90 Å². The summed E-state index contributed by atoms with van der Waals surface area (Å²) in [6.07, 6.45) is 3.82. The third kappa shape index (κ3) is 1.12. The number of allylic oxidation sites excluding steroid dienone is 2. The number of amides is 1. The van der Waals surface area contributed by atoms with Crippen molar-refractivity contribution in [3.05, 3.63) is 23.4 Å². The van der Waals surface area contributed by atoms with E-state index in [1.807, 2.05) is 0 Å². The molecule has 12 heavy (non-hydrogen) atoms. The smallest absolute Gasteiger partial charge is 0.415 e. The first-order chi connectivity index (χ1) is 5.77. The Labute approximate surface area is 73.3 Å². The molecule has 0 bridgehead atoms. The second-order valence-electron chi connectivity index (χ2n) is 2.32. The van der Waals surface area contributed by atoms with Gasteiger partial charge in [0.15, 0.2) is 0 Å². The van der Waals surface area contributed by atoms with Crippen LogP contribution in [0.15, 0.2) is 28.4 Å². The number of fused-ring (bicyclic) bond motifs is 1. The summed E-state index contributed by atoms with van der Waals surface area (Å²) < 4.78 is 0. The number of nitrogens with zero attached hydrogens (tertiary/aromatic N) is 2.